The van der Waals surface area contributed by atoms with Crippen LogP contribution in [0.4, 0.5) is 5.69 Å². The molecule has 0 spiro atoms. The SMILES string of the molecule is O=C(NCCN1CCOCC1)c1ccccc1CN1C(=O)[C@H]2CCCN2C(=O)c2ccccc21. The van der Waals surface area contributed by atoms with Crippen LogP contribution in [-0.2, 0) is 16.1 Å². The monoisotopic (exact) mass is 462 g/mol. The van der Waals surface area contributed by atoms with Gasteiger partial charge in [-0.25, -0.2) is 0 Å². The van der Waals surface area contributed by atoms with Crippen molar-refractivity contribution in [2.24, 2.45) is 0 Å². The van der Waals surface area contributed by atoms with Crippen LogP contribution in [-0.4, -0.2) is 79.5 Å². The molecule has 3 amide bonds. The first-order chi connectivity index (χ1) is 16.6. The number of rotatable bonds is 6. The minimum Gasteiger partial charge on any atom is -0.379 e. The van der Waals surface area contributed by atoms with Crippen LogP contribution in [0.2, 0.25) is 0 Å². The molecule has 3 aliphatic rings. The normalized spacial score (nSPS) is 20.6. The molecule has 34 heavy (non-hydrogen) atoms. The molecule has 2 aromatic carbocycles. The predicted octanol–water partition coefficient (Wildman–Crippen LogP) is 1.90. The fourth-order valence-corrected chi connectivity index (χ4v) is 5.07. The third-order valence-corrected chi connectivity index (χ3v) is 6.90. The minimum atomic E-state index is -0.450. The van der Waals surface area contributed by atoms with Gasteiger partial charge in [0, 0.05) is 38.3 Å². The quantitative estimate of drug-likeness (QED) is 0.709. The van der Waals surface area contributed by atoms with E-state index >= 15 is 0 Å². The van der Waals surface area contributed by atoms with E-state index < -0.39 is 6.04 Å². The van der Waals surface area contributed by atoms with E-state index in [0.29, 0.717) is 36.3 Å². The van der Waals surface area contributed by atoms with Crippen molar-refractivity contribution in [3.8, 4) is 0 Å². The molecule has 2 aromatic rings. The van der Waals surface area contributed by atoms with Crippen molar-refractivity contribution in [2.75, 3.05) is 50.8 Å². The van der Waals surface area contributed by atoms with Gasteiger partial charge in [-0.15, -0.1) is 0 Å². The number of nitrogens with one attached hydrogen (secondary N) is 1. The van der Waals surface area contributed by atoms with E-state index in [1.54, 1.807) is 21.9 Å². The van der Waals surface area contributed by atoms with E-state index in [4.69, 9.17) is 4.74 Å². The molecule has 1 atom stereocenters. The molecule has 0 unspecified atom stereocenters. The van der Waals surface area contributed by atoms with Gasteiger partial charge in [0.25, 0.3) is 11.8 Å². The molecule has 3 aliphatic heterocycles. The summed E-state index contributed by atoms with van der Waals surface area (Å²) in [4.78, 5) is 45.5. The van der Waals surface area contributed by atoms with E-state index in [1.807, 2.05) is 36.4 Å². The lowest BCUT2D eigenvalue weighted by Gasteiger charge is -2.27. The number of hydrogen-bond acceptors (Lipinski definition) is 5. The van der Waals surface area contributed by atoms with Crippen LogP contribution in [0.1, 0.15) is 39.1 Å². The minimum absolute atomic E-state index is 0.0849. The van der Waals surface area contributed by atoms with Crippen LogP contribution in [0.3, 0.4) is 0 Å². The molecule has 8 nitrogen and oxygen atoms in total. The summed E-state index contributed by atoms with van der Waals surface area (Å²) in [6, 6.07) is 14.2. The zero-order valence-corrected chi connectivity index (χ0v) is 19.2. The third kappa shape index (κ3) is 4.43. The van der Waals surface area contributed by atoms with Crippen molar-refractivity contribution in [3.63, 3.8) is 0 Å². The molecule has 1 N–H and O–H groups in total. The second-order valence-corrected chi connectivity index (χ2v) is 8.97. The van der Waals surface area contributed by atoms with Crippen molar-refractivity contribution in [1.82, 2.24) is 15.1 Å². The Hall–Kier alpha value is -3.23. The summed E-state index contributed by atoms with van der Waals surface area (Å²) in [5.74, 6) is -0.334. The van der Waals surface area contributed by atoms with Gasteiger partial charge in [0.1, 0.15) is 6.04 Å². The highest BCUT2D eigenvalue weighted by Gasteiger charge is 2.42. The average molecular weight is 463 g/mol. The van der Waals surface area contributed by atoms with Crippen molar-refractivity contribution >= 4 is 23.4 Å². The van der Waals surface area contributed by atoms with Gasteiger partial charge in [0.05, 0.1) is 31.0 Å². The Morgan fingerprint density at radius 3 is 2.62 bits per heavy atom. The van der Waals surface area contributed by atoms with Crippen molar-refractivity contribution in [1.29, 1.82) is 0 Å². The van der Waals surface area contributed by atoms with Crippen LogP contribution in [0.15, 0.2) is 48.5 Å². The summed E-state index contributed by atoms with van der Waals surface area (Å²) in [5.41, 5.74) is 2.45. The first-order valence-corrected chi connectivity index (χ1v) is 12.0. The van der Waals surface area contributed by atoms with Crippen LogP contribution in [0.5, 0.6) is 0 Å². The number of carbonyl (C=O) groups is 3. The Labute approximate surface area is 199 Å². The lowest BCUT2D eigenvalue weighted by molar-refractivity contribution is -0.122. The van der Waals surface area contributed by atoms with Crippen LogP contribution in [0, 0.1) is 0 Å². The number of morpholine rings is 1. The summed E-state index contributed by atoms with van der Waals surface area (Å²) < 4.78 is 5.37. The summed E-state index contributed by atoms with van der Waals surface area (Å²) in [6.07, 6.45) is 1.49. The number of ether oxygens (including phenoxy) is 1. The molecule has 0 aromatic heterocycles. The van der Waals surface area contributed by atoms with Gasteiger partial charge < -0.3 is 19.9 Å². The Morgan fingerprint density at radius 2 is 1.76 bits per heavy atom. The number of amides is 3. The number of carbonyl (C=O) groups excluding carboxylic acids is 3. The number of hydrogen-bond donors (Lipinski definition) is 1. The molecule has 3 heterocycles. The Kier molecular flexibility index (Phi) is 6.60. The summed E-state index contributed by atoms with van der Waals surface area (Å²) in [5, 5.41) is 3.02. The standard InChI is InChI=1S/C26H30N4O4/c31-24(27-11-13-28-14-16-34-17-15-28)20-7-2-1-6-19(20)18-30-22-9-4-3-8-21(22)25(32)29-12-5-10-23(29)26(30)33/h1-4,6-9,23H,5,10-18H2,(H,27,31)/t23-/m1/s1. The highest BCUT2D eigenvalue weighted by molar-refractivity contribution is 6.11. The maximum atomic E-state index is 13.6. The first-order valence-electron chi connectivity index (χ1n) is 12.0. The third-order valence-electron chi connectivity index (χ3n) is 6.90. The van der Waals surface area contributed by atoms with Crippen LogP contribution in [0.25, 0.3) is 0 Å². The number of fused-ring (bicyclic) bond motifs is 2. The van der Waals surface area contributed by atoms with E-state index in [0.717, 1.165) is 44.8 Å². The maximum absolute atomic E-state index is 13.6. The molecular weight excluding hydrogens is 432 g/mol. The van der Waals surface area contributed by atoms with Gasteiger partial charge in [-0.1, -0.05) is 30.3 Å². The number of nitrogens with zero attached hydrogens (tertiary/aromatic N) is 3. The Morgan fingerprint density at radius 1 is 1.00 bits per heavy atom. The zero-order valence-electron chi connectivity index (χ0n) is 19.2. The zero-order chi connectivity index (χ0) is 23.5. The summed E-state index contributed by atoms with van der Waals surface area (Å²) in [7, 11) is 0. The van der Waals surface area contributed by atoms with Gasteiger partial charge in [0.15, 0.2) is 0 Å². The summed E-state index contributed by atoms with van der Waals surface area (Å²) in [6.45, 7) is 5.35. The lowest BCUT2D eigenvalue weighted by Crippen LogP contribution is -2.45. The highest BCUT2D eigenvalue weighted by atomic mass is 16.5. The molecule has 5 rings (SSSR count). The number of anilines is 1. The van der Waals surface area contributed by atoms with Gasteiger partial charge in [-0.05, 0) is 36.6 Å². The fraction of sp³-hybridized carbons (Fsp3) is 0.423. The second-order valence-electron chi connectivity index (χ2n) is 8.97. The van der Waals surface area contributed by atoms with Crippen molar-refractivity contribution < 1.29 is 19.1 Å². The van der Waals surface area contributed by atoms with E-state index in [9.17, 15) is 14.4 Å². The van der Waals surface area contributed by atoms with E-state index in [2.05, 4.69) is 10.2 Å². The lowest BCUT2D eigenvalue weighted by atomic mass is 10.0. The molecule has 8 heteroatoms. The fourth-order valence-electron chi connectivity index (χ4n) is 5.07. The highest BCUT2D eigenvalue weighted by Crippen LogP contribution is 2.33. The number of benzene rings is 2. The van der Waals surface area contributed by atoms with Gasteiger partial charge >= 0.3 is 0 Å². The first kappa shape index (κ1) is 22.6. The van der Waals surface area contributed by atoms with Gasteiger partial charge in [-0.2, -0.15) is 0 Å². The molecule has 0 bridgehead atoms. The van der Waals surface area contributed by atoms with Crippen LogP contribution >= 0.6 is 0 Å². The number of para-hydroxylation sites is 1. The van der Waals surface area contributed by atoms with E-state index in [-0.39, 0.29) is 24.3 Å². The molecular formula is C26H30N4O4. The average Bonchev–Trinajstić information content (AvgIpc) is 3.35. The predicted molar refractivity (Wildman–Crippen MR) is 128 cm³/mol. The maximum Gasteiger partial charge on any atom is 0.256 e. The van der Waals surface area contributed by atoms with Crippen LogP contribution < -0.4 is 10.2 Å². The smallest absolute Gasteiger partial charge is 0.256 e. The second kappa shape index (κ2) is 9.95. The molecule has 2 fully saturated rings. The van der Waals surface area contributed by atoms with Crippen molar-refractivity contribution in [2.45, 2.75) is 25.4 Å². The van der Waals surface area contributed by atoms with E-state index in [1.165, 1.54) is 0 Å². The topological polar surface area (TPSA) is 82.2 Å². The van der Waals surface area contributed by atoms with Gasteiger partial charge in [0.2, 0.25) is 5.91 Å². The Balaban J connectivity index is 1.36. The molecule has 0 radical (unpaired) electrons. The molecule has 178 valence electrons. The molecule has 2 saturated heterocycles. The Bertz CT molecular complexity index is 1080. The van der Waals surface area contributed by atoms with Crippen molar-refractivity contribution in [3.05, 3.63) is 65.2 Å². The largest absolute Gasteiger partial charge is 0.379 e. The molecule has 0 aliphatic carbocycles. The summed E-state index contributed by atoms with van der Waals surface area (Å²) >= 11 is 0. The molecule has 0 saturated carbocycles. The van der Waals surface area contributed by atoms with Gasteiger partial charge in [-0.3, -0.25) is 19.3 Å².